The van der Waals surface area contributed by atoms with Gasteiger partial charge in [-0.15, -0.1) is 22.7 Å². The fourth-order valence-electron chi connectivity index (χ4n) is 1.74. The van der Waals surface area contributed by atoms with Crippen molar-refractivity contribution in [3.8, 4) is 0 Å². The molecule has 6 heteroatoms. The Morgan fingerprint density at radius 3 is 2.79 bits per heavy atom. The third-order valence-corrected chi connectivity index (χ3v) is 5.93. The van der Waals surface area contributed by atoms with E-state index in [2.05, 4.69) is 44.6 Å². The third-order valence-electron chi connectivity index (χ3n) is 2.70. The molecule has 104 valence electrons. The van der Waals surface area contributed by atoms with E-state index in [0.29, 0.717) is 6.61 Å². The second-order valence-electron chi connectivity index (χ2n) is 4.26. The van der Waals surface area contributed by atoms with Gasteiger partial charge in [0.15, 0.2) is 0 Å². The summed E-state index contributed by atoms with van der Waals surface area (Å²) in [5, 5.41) is 6.73. The van der Waals surface area contributed by atoms with Gasteiger partial charge in [-0.2, -0.15) is 0 Å². The Morgan fingerprint density at radius 2 is 2.26 bits per heavy atom. The molecule has 0 amide bonds. The fraction of sp³-hybridized carbons (Fsp3) is 0.462. The lowest BCUT2D eigenvalue weighted by Gasteiger charge is -2.14. The summed E-state index contributed by atoms with van der Waals surface area (Å²) >= 11 is 7.09. The summed E-state index contributed by atoms with van der Waals surface area (Å²) in [5.41, 5.74) is 1.07. The first-order valence-corrected chi connectivity index (χ1v) is 8.51. The lowest BCUT2D eigenvalue weighted by molar-refractivity contribution is 0.197. The van der Waals surface area contributed by atoms with Crippen LogP contribution in [0.4, 0.5) is 0 Å². The van der Waals surface area contributed by atoms with Gasteiger partial charge < -0.3 is 10.1 Å². The van der Waals surface area contributed by atoms with Crippen LogP contribution in [0.1, 0.15) is 26.5 Å². The second-order valence-corrected chi connectivity index (χ2v) is 7.29. The topological polar surface area (TPSA) is 34.1 Å². The van der Waals surface area contributed by atoms with Gasteiger partial charge in [0.1, 0.15) is 5.01 Å². The normalized spacial score (nSPS) is 12.8. The van der Waals surface area contributed by atoms with E-state index in [0.717, 1.165) is 17.2 Å². The van der Waals surface area contributed by atoms with E-state index >= 15 is 0 Å². The van der Waals surface area contributed by atoms with Crippen molar-refractivity contribution in [2.45, 2.75) is 19.9 Å². The Bertz CT molecular complexity index is 519. The first-order chi connectivity index (χ1) is 9.11. The summed E-state index contributed by atoms with van der Waals surface area (Å²) in [5.74, 6) is 0. The molecule has 0 fully saturated rings. The van der Waals surface area contributed by atoms with E-state index in [-0.39, 0.29) is 6.04 Å². The molecule has 3 nitrogen and oxygen atoms in total. The van der Waals surface area contributed by atoms with Gasteiger partial charge in [0.05, 0.1) is 12.6 Å². The van der Waals surface area contributed by atoms with Crippen LogP contribution in [0.3, 0.4) is 0 Å². The standard InChI is InChI=1S/C13H17BrN2OS2/c1-8-7-18-13(16-8)12(15-4-5-17-3)11-6-10(14)9(2)19-11/h6-7,12,15H,4-5H2,1-3H3. The molecule has 2 rings (SSSR count). The van der Waals surface area contributed by atoms with Crippen LogP contribution in [0, 0.1) is 13.8 Å². The number of hydrogen-bond acceptors (Lipinski definition) is 5. The average Bonchev–Trinajstić information content (AvgIpc) is 2.93. The number of rotatable bonds is 6. The molecule has 0 aliphatic rings. The van der Waals surface area contributed by atoms with Gasteiger partial charge in [-0.1, -0.05) is 0 Å². The Morgan fingerprint density at radius 1 is 1.47 bits per heavy atom. The van der Waals surface area contributed by atoms with Gasteiger partial charge in [0.2, 0.25) is 0 Å². The van der Waals surface area contributed by atoms with E-state index in [1.807, 2.05) is 6.92 Å². The summed E-state index contributed by atoms with van der Waals surface area (Å²) in [7, 11) is 1.72. The van der Waals surface area contributed by atoms with Crippen LogP contribution in [0.2, 0.25) is 0 Å². The van der Waals surface area contributed by atoms with Crippen molar-refractivity contribution in [1.29, 1.82) is 0 Å². The first-order valence-electron chi connectivity index (χ1n) is 6.02. The molecule has 0 saturated heterocycles. The molecular weight excluding hydrogens is 344 g/mol. The van der Waals surface area contributed by atoms with Crippen molar-refractivity contribution in [1.82, 2.24) is 10.3 Å². The molecule has 1 unspecified atom stereocenters. The Kier molecular flexibility index (Phi) is 5.53. The van der Waals surface area contributed by atoms with E-state index in [1.165, 1.54) is 14.2 Å². The minimum atomic E-state index is 0.156. The molecule has 0 spiro atoms. The highest BCUT2D eigenvalue weighted by molar-refractivity contribution is 9.10. The summed E-state index contributed by atoms with van der Waals surface area (Å²) < 4.78 is 6.28. The number of thiazole rings is 1. The van der Waals surface area contributed by atoms with E-state index in [4.69, 9.17) is 4.74 Å². The predicted molar refractivity (Wildman–Crippen MR) is 85.3 cm³/mol. The fourth-order valence-corrected chi connectivity index (χ4v) is 4.35. The molecule has 1 atom stereocenters. The lowest BCUT2D eigenvalue weighted by atomic mass is 10.2. The molecule has 2 aromatic rings. The van der Waals surface area contributed by atoms with Gasteiger partial charge in [-0.05, 0) is 35.8 Å². The van der Waals surface area contributed by atoms with Gasteiger partial charge in [0, 0.05) is 39.0 Å². The van der Waals surface area contributed by atoms with Gasteiger partial charge in [-0.3, -0.25) is 0 Å². The first kappa shape index (κ1) is 15.1. The number of nitrogens with one attached hydrogen (secondary N) is 1. The maximum Gasteiger partial charge on any atom is 0.115 e. The number of aryl methyl sites for hydroxylation is 2. The van der Waals surface area contributed by atoms with Crippen molar-refractivity contribution < 1.29 is 4.74 Å². The molecule has 0 radical (unpaired) electrons. The van der Waals surface area contributed by atoms with Crippen molar-refractivity contribution in [2.24, 2.45) is 0 Å². The van der Waals surface area contributed by atoms with Gasteiger partial charge in [0.25, 0.3) is 0 Å². The molecular formula is C13H17BrN2OS2. The molecule has 0 aliphatic carbocycles. The van der Waals surface area contributed by atoms with Gasteiger partial charge in [-0.25, -0.2) is 4.98 Å². The van der Waals surface area contributed by atoms with Crippen LogP contribution in [0.15, 0.2) is 15.9 Å². The summed E-state index contributed by atoms with van der Waals surface area (Å²) in [6, 6.07) is 2.34. The monoisotopic (exact) mass is 360 g/mol. The zero-order chi connectivity index (χ0) is 13.8. The Hall–Kier alpha value is -0.270. The van der Waals surface area contributed by atoms with Crippen LogP contribution in [-0.4, -0.2) is 25.2 Å². The highest BCUT2D eigenvalue weighted by Crippen LogP contribution is 2.34. The number of nitrogens with zero attached hydrogens (tertiary/aromatic N) is 1. The predicted octanol–water partition coefficient (Wildman–Crippen LogP) is 3.91. The molecule has 19 heavy (non-hydrogen) atoms. The largest absolute Gasteiger partial charge is 0.383 e. The van der Waals surface area contributed by atoms with E-state index < -0.39 is 0 Å². The van der Waals surface area contributed by atoms with Crippen LogP contribution in [-0.2, 0) is 4.74 Å². The van der Waals surface area contributed by atoms with Crippen LogP contribution >= 0.6 is 38.6 Å². The van der Waals surface area contributed by atoms with Crippen molar-refractivity contribution in [3.63, 3.8) is 0 Å². The number of hydrogen-bond donors (Lipinski definition) is 1. The molecule has 0 aliphatic heterocycles. The van der Waals surface area contributed by atoms with E-state index in [9.17, 15) is 0 Å². The average molecular weight is 361 g/mol. The summed E-state index contributed by atoms with van der Waals surface area (Å²) in [4.78, 5) is 7.19. The van der Waals surface area contributed by atoms with Crippen LogP contribution < -0.4 is 5.32 Å². The number of halogens is 1. The van der Waals surface area contributed by atoms with E-state index in [1.54, 1.807) is 29.8 Å². The smallest absolute Gasteiger partial charge is 0.115 e. The molecule has 0 bridgehead atoms. The quantitative estimate of drug-likeness (QED) is 0.793. The highest BCUT2D eigenvalue weighted by Gasteiger charge is 2.19. The summed E-state index contributed by atoms with van der Waals surface area (Å²) in [6.07, 6.45) is 0. The van der Waals surface area contributed by atoms with Crippen molar-refractivity contribution in [2.75, 3.05) is 20.3 Å². The third kappa shape index (κ3) is 3.86. The van der Waals surface area contributed by atoms with Crippen molar-refractivity contribution in [3.05, 3.63) is 36.4 Å². The van der Waals surface area contributed by atoms with Crippen LogP contribution in [0.25, 0.3) is 0 Å². The Balaban J connectivity index is 2.23. The van der Waals surface area contributed by atoms with Crippen molar-refractivity contribution >= 4 is 38.6 Å². The zero-order valence-corrected chi connectivity index (χ0v) is 14.4. The zero-order valence-electron chi connectivity index (χ0n) is 11.2. The number of aromatic nitrogens is 1. The SMILES string of the molecule is COCCNC(c1cc(Br)c(C)s1)c1nc(C)cs1. The number of ether oxygens (including phenoxy) is 1. The highest BCUT2D eigenvalue weighted by atomic mass is 79.9. The number of thiophene rings is 1. The molecule has 1 N–H and O–H groups in total. The minimum Gasteiger partial charge on any atom is -0.383 e. The lowest BCUT2D eigenvalue weighted by Crippen LogP contribution is -2.25. The van der Waals surface area contributed by atoms with Crippen LogP contribution in [0.5, 0.6) is 0 Å². The molecule has 0 aromatic carbocycles. The Labute approximate surface area is 130 Å². The maximum atomic E-state index is 5.11. The molecule has 2 aromatic heterocycles. The molecule has 2 heterocycles. The van der Waals surface area contributed by atoms with Gasteiger partial charge >= 0.3 is 0 Å². The molecule has 0 saturated carbocycles. The maximum absolute atomic E-state index is 5.11. The number of methoxy groups -OCH3 is 1. The minimum absolute atomic E-state index is 0.156. The summed E-state index contributed by atoms with van der Waals surface area (Å²) in [6.45, 7) is 5.67. The second kappa shape index (κ2) is 6.95.